The largest absolute Gasteiger partial charge is 0.309 e. The van der Waals surface area contributed by atoms with Crippen molar-refractivity contribution in [3.05, 3.63) is 163 Å². The Morgan fingerprint density at radius 3 is 1.96 bits per heavy atom. The molecule has 0 saturated heterocycles. The minimum absolute atomic E-state index is 0.0589. The fraction of sp³-hybridized carbons (Fsp3) is 0.0667. The van der Waals surface area contributed by atoms with Crippen LogP contribution in [0, 0.1) is 0 Å². The molecule has 9 aromatic rings. The Labute approximate surface area is 278 Å². The topological polar surface area (TPSA) is 4.93 Å². The maximum absolute atomic E-state index is 2.50. The summed E-state index contributed by atoms with van der Waals surface area (Å²) in [6.45, 7) is 4.73. The third-order valence-electron chi connectivity index (χ3n) is 10.4. The highest BCUT2D eigenvalue weighted by molar-refractivity contribution is 7.26. The van der Waals surface area contributed by atoms with Crippen LogP contribution in [0.1, 0.15) is 25.0 Å². The molecule has 1 nitrogen and oxygen atoms in total. The van der Waals surface area contributed by atoms with E-state index in [2.05, 4.69) is 170 Å². The Kier molecular flexibility index (Phi) is 5.57. The Morgan fingerprint density at radius 2 is 1.11 bits per heavy atom. The van der Waals surface area contributed by atoms with E-state index >= 15 is 0 Å². The van der Waals surface area contributed by atoms with Gasteiger partial charge in [-0.15, -0.1) is 11.3 Å². The molecule has 222 valence electrons. The quantitative estimate of drug-likeness (QED) is 0.186. The first-order valence-corrected chi connectivity index (χ1v) is 17.2. The van der Waals surface area contributed by atoms with Crippen molar-refractivity contribution in [3.63, 3.8) is 0 Å². The normalized spacial score (nSPS) is 13.5. The molecule has 0 N–H and O–H groups in total. The number of thiophene rings is 1. The number of nitrogens with zero attached hydrogens (tertiary/aromatic N) is 1. The van der Waals surface area contributed by atoms with Crippen LogP contribution < -0.4 is 0 Å². The van der Waals surface area contributed by atoms with Gasteiger partial charge < -0.3 is 4.57 Å². The van der Waals surface area contributed by atoms with Gasteiger partial charge in [0.15, 0.2) is 0 Å². The Morgan fingerprint density at radius 1 is 0.447 bits per heavy atom. The van der Waals surface area contributed by atoms with Crippen molar-refractivity contribution in [1.82, 2.24) is 4.57 Å². The molecule has 47 heavy (non-hydrogen) atoms. The minimum Gasteiger partial charge on any atom is -0.309 e. The number of fused-ring (bicyclic) bond motifs is 10. The average molecular weight is 618 g/mol. The summed E-state index contributed by atoms with van der Waals surface area (Å²) in [5.74, 6) is 0. The van der Waals surface area contributed by atoms with Gasteiger partial charge in [-0.3, -0.25) is 0 Å². The molecule has 0 aliphatic heterocycles. The van der Waals surface area contributed by atoms with Crippen LogP contribution in [-0.2, 0) is 5.41 Å². The molecule has 0 radical (unpaired) electrons. The van der Waals surface area contributed by atoms with E-state index in [1.54, 1.807) is 0 Å². The molecule has 0 amide bonds. The summed E-state index contributed by atoms with van der Waals surface area (Å²) in [7, 11) is 0. The maximum atomic E-state index is 2.50. The second-order valence-electron chi connectivity index (χ2n) is 13.3. The van der Waals surface area contributed by atoms with Crippen LogP contribution >= 0.6 is 11.3 Å². The van der Waals surface area contributed by atoms with E-state index in [9.17, 15) is 0 Å². The second kappa shape index (κ2) is 9.78. The van der Waals surface area contributed by atoms with E-state index in [1.165, 1.54) is 92.2 Å². The molecule has 2 heteroatoms. The van der Waals surface area contributed by atoms with Crippen molar-refractivity contribution >= 4 is 53.3 Å². The van der Waals surface area contributed by atoms with E-state index in [1.807, 2.05) is 11.3 Å². The van der Waals surface area contributed by atoms with Crippen molar-refractivity contribution in [2.75, 3.05) is 0 Å². The van der Waals surface area contributed by atoms with Crippen molar-refractivity contribution in [3.8, 4) is 39.1 Å². The van der Waals surface area contributed by atoms with Gasteiger partial charge >= 0.3 is 0 Å². The third-order valence-corrected chi connectivity index (χ3v) is 11.6. The molecular weight excluding hydrogens is 587 g/mol. The van der Waals surface area contributed by atoms with Crippen LogP contribution in [0.5, 0.6) is 0 Å². The summed E-state index contributed by atoms with van der Waals surface area (Å²) in [4.78, 5) is 0. The summed E-state index contributed by atoms with van der Waals surface area (Å²) in [6, 6.07) is 56.2. The predicted molar refractivity (Wildman–Crippen MR) is 202 cm³/mol. The number of benzene rings is 7. The van der Waals surface area contributed by atoms with Gasteiger partial charge in [-0.05, 0) is 87.0 Å². The molecule has 0 atom stereocenters. The van der Waals surface area contributed by atoms with Crippen LogP contribution in [0.25, 0.3) is 81.0 Å². The number of hydrogen-bond donors (Lipinski definition) is 0. The number of rotatable bonds is 3. The highest BCUT2D eigenvalue weighted by Crippen LogP contribution is 2.50. The summed E-state index contributed by atoms with van der Waals surface area (Å²) in [5.41, 5.74) is 14.1. The van der Waals surface area contributed by atoms with Gasteiger partial charge in [0.2, 0.25) is 0 Å². The first-order chi connectivity index (χ1) is 23.1. The molecule has 2 aromatic heterocycles. The fourth-order valence-electron chi connectivity index (χ4n) is 8.10. The van der Waals surface area contributed by atoms with E-state index in [4.69, 9.17) is 0 Å². The molecule has 0 fully saturated rings. The third kappa shape index (κ3) is 3.83. The molecule has 7 aromatic carbocycles. The molecule has 0 unspecified atom stereocenters. The highest BCUT2D eigenvalue weighted by Gasteiger charge is 2.35. The fourth-order valence-corrected chi connectivity index (χ4v) is 9.21. The zero-order valence-corrected chi connectivity index (χ0v) is 27.1. The molecule has 1 aliphatic carbocycles. The average Bonchev–Trinajstić information content (AvgIpc) is 3.74. The lowest BCUT2D eigenvalue weighted by molar-refractivity contribution is 0.660. The molecular formula is C45H31NS. The Bertz CT molecular complexity index is 2690. The van der Waals surface area contributed by atoms with Crippen molar-refractivity contribution in [2.45, 2.75) is 19.3 Å². The lowest BCUT2D eigenvalue weighted by Crippen LogP contribution is -2.15. The van der Waals surface area contributed by atoms with E-state index < -0.39 is 0 Å². The summed E-state index contributed by atoms with van der Waals surface area (Å²) < 4.78 is 5.17. The summed E-state index contributed by atoms with van der Waals surface area (Å²) in [6.07, 6.45) is 0. The molecule has 1 aliphatic rings. The lowest BCUT2D eigenvalue weighted by atomic mass is 9.82. The zero-order valence-electron chi connectivity index (χ0n) is 26.3. The summed E-state index contributed by atoms with van der Waals surface area (Å²) in [5, 5.41) is 5.32. The highest BCUT2D eigenvalue weighted by atomic mass is 32.1. The van der Waals surface area contributed by atoms with Crippen LogP contribution in [-0.4, -0.2) is 4.57 Å². The molecule has 0 bridgehead atoms. The molecule has 0 spiro atoms. The van der Waals surface area contributed by atoms with Gasteiger partial charge in [-0.2, -0.15) is 0 Å². The van der Waals surface area contributed by atoms with Crippen LogP contribution in [0.2, 0.25) is 0 Å². The first-order valence-electron chi connectivity index (χ1n) is 16.4. The number of aromatic nitrogens is 1. The molecule has 2 heterocycles. The van der Waals surface area contributed by atoms with Gasteiger partial charge in [0.25, 0.3) is 0 Å². The van der Waals surface area contributed by atoms with E-state index in [-0.39, 0.29) is 5.41 Å². The minimum atomic E-state index is -0.0589. The number of hydrogen-bond acceptors (Lipinski definition) is 1. The molecule has 0 saturated carbocycles. The smallest absolute Gasteiger partial charge is 0.0548 e. The monoisotopic (exact) mass is 617 g/mol. The van der Waals surface area contributed by atoms with Gasteiger partial charge in [-0.1, -0.05) is 123 Å². The van der Waals surface area contributed by atoms with Gasteiger partial charge in [0, 0.05) is 42.0 Å². The van der Waals surface area contributed by atoms with Gasteiger partial charge in [0.1, 0.15) is 0 Å². The maximum Gasteiger partial charge on any atom is 0.0548 e. The van der Waals surface area contributed by atoms with Crippen LogP contribution in [0.3, 0.4) is 0 Å². The summed E-state index contributed by atoms with van der Waals surface area (Å²) >= 11 is 1.89. The van der Waals surface area contributed by atoms with E-state index in [0.29, 0.717) is 0 Å². The lowest BCUT2D eigenvalue weighted by Gasteiger charge is -2.22. The van der Waals surface area contributed by atoms with Crippen molar-refractivity contribution in [1.29, 1.82) is 0 Å². The Hall–Kier alpha value is -5.44. The SMILES string of the molecule is CC1(C)c2ccccc2-c2ccc(-n3c4ccc(-c5ccc(-c6ccccc6)cc5)cc4c4c5c(ccc43)sc3ccccc35)cc21. The van der Waals surface area contributed by atoms with Gasteiger partial charge in [0.05, 0.1) is 11.0 Å². The molecule has 10 rings (SSSR count). The van der Waals surface area contributed by atoms with Gasteiger partial charge in [-0.25, -0.2) is 0 Å². The zero-order chi connectivity index (χ0) is 31.3. The van der Waals surface area contributed by atoms with Crippen molar-refractivity contribution in [2.24, 2.45) is 0 Å². The second-order valence-corrected chi connectivity index (χ2v) is 14.4. The van der Waals surface area contributed by atoms with E-state index in [0.717, 1.165) is 0 Å². The van der Waals surface area contributed by atoms with Crippen LogP contribution in [0.4, 0.5) is 0 Å². The predicted octanol–water partition coefficient (Wildman–Crippen LogP) is 12.8. The van der Waals surface area contributed by atoms with Crippen LogP contribution in [0.15, 0.2) is 152 Å². The standard InChI is InChI=1S/C45H31NS/c1-45(2)37-14-8-6-12-33(37)34-22-21-32(27-38(34)45)46-39-23-20-31(30-18-16-29(17-19-30)28-10-4-3-5-11-28)26-36(39)43-40(46)24-25-42-44(43)35-13-7-9-15-41(35)47-42/h3-27H,1-2H3. The Balaban J connectivity index is 1.23. The first kappa shape index (κ1) is 26.7. The van der Waals surface area contributed by atoms with Crippen molar-refractivity contribution < 1.29 is 0 Å².